The highest BCUT2D eigenvalue weighted by atomic mass is 16.5. The summed E-state index contributed by atoms with van der Waals surface area (Å²) in [6.45, 7) is 5.08. The second-order valence-electron chi connectivity index (χ2n) is 7.27. The first-order chi connectivity index (χ1) is 15.5. The van der Waals surface area contributed by atoms with Crippen molar-refractivity contribution in [2.45, 2.75) is 26.9 Å². The van der Waals surface area contributed by atoms with Crippen LogP contribution in [0.4, 0.5) is 0 Å². The van der Waals surface area contributed by atoms with Crippen LogP contribution in [0, 0.1) is 13.8 Å². The number of esters is 1. The minimum absolute atomic E-state index is 0.385. The zero-order valence-electron chi connectivity index (χ0n) is 19.1. The SMILES string of the molecule is CN=C(NCc1ccc(OC)c(C(=O)OC)c1)NCc1ccccc1-n1nc(C)cc1C. The first kappa shape index (κ1) is 22.9. The first-order valence-electron chi connectivity index (χ1n) is 10.3. The zero-order valence-corrected chi connectivity index (χ0v) is 19.1. The van der Waals surface area contributed by atoms with Crippen molar-refractivity contribution in [3.63, 3.8) is 0 Å². The molecule has 1 heterocycles. The van der Waals surface area contributed by atoms with Crippen LogP contribution in [-0.4, -0.2) is 43.0 Å². The average Bonchev–Trinajstić information content (AvgIpc) is 3.16. The maximum Gasteiger partial charge on any atom is 0.341 e. The Bertz CT molecular complexity index is 1120. The van der Waals surface area contributed by atoms with E-state index in [0.29, 0.717) is 30.4 Å². The van der Waals surface area contributed by atoms with Crippen LogP contribution in [0.1, 0.15) is 32.9 Å². The average molecular weight is 436 g/mol. The predicted octanol–water partition coefficient (Wildman–Crippen LogP) is 3.15. The van der Waals surface area contributed by atoms with Crippen molar-refractivity contribution in [2.75, 3.05) is 21.3 Å². The number of benzene rings is 2. The smallest absolute Gasteiger partial charge is 0.341 e. The van der Waals surface area contributed by atoms with Gasteiger partial charge in [0.1, 0.15) is 11.3 Å². The minimum atomic E-state index is -0.438. The minimum Gasteiger partial charge on any atom is -0.496 e. The van der Waals surface area contributed by atoms with Crippen LogP contribution in [-0.2, 0) is 17.8 Å². The molecule has 0 saturated carbocycles. The summed E-state index contributed by atoms with van der Waals surface area (Å²) >= 11 is 0. The largest absolute Gasteiger partial charge is 0.496 e. The number of carbonyl (C=O) groups is 1. The monoisotopic (exact) mass is 435 g/mol. The van der Waals surface area contributed by atoms with Gasteiger partial charge in [-0.15, -0.1) is 0 Å². The molecule has 0 amide bonds. The molecule has 2 aromatic carbocycles. The maximum absolute atomic E-state index is 12.0. The number of rotatable bonds is 7. The number of para-hydroxylation sites is 1. The molecule has 0 atom stereocenters. The Morgan fingerprint density at radius 1 is 1.06 bits per heavy atom. The Labute approximate surface area is 188 Å². The van der Waals surface area contributed by atoms with Crippen molar-refractivity contribution in [3.8, 4) is 11.4 Å². The third-order valence-corrected chi connectivity index (χ3v) is 5.03. The van der Waals surface area contributed by atoms with Crippen LogP contribution in [0.25, 0.3) is 5.69 Å². The van der Waals surface area contributed by atoms with Gasteiger partial charge in [-0.1, -0.05) is 24.3 Å². The third-order valence-electron chi connectivity index (χ3n) is 5.03. The molecule has 0 radical (unpaired) electrons. The molecule has 1 aromatic heterocycles. The number of aromatic nitrogens is 2. The van der Waals surface area contributed by atoms with Gasteiger partial charge in [0.2, 0.25) is 0 Å². The second kappa shape index (κ2) is 10.5. The molecule has 2 N–H and O–H groups in total. The molecule has 0 spiro atoms. The predicted molar refractivity (Wildman–Crippen MR) is 124 cm³/mol. The van der Waals surface area contributed by atoms with Crippen LogP contribution in [0.15, 0.2) is 53.5 Å². The standard InChI is InChI=1S/C24H29N5O3/c1-16-12-17(2)29(28-16)21-9-7-6-8-19(21)15-27-24(25-3)26-14-18-10-11-22(31-4)20(13-18)23(30)32-5/h6-13H,14-15H2,1-5H3,(H2,25,26,27). The van der Waals surface area contributed by atoms with Gasteiger partial charge >= 0.3 is 5.97 Å². The van der Waals surface area contributed by atoms with Crippen molar-refractivity contribution < 1.29 is 14.3 Å². The Morgan fingerprint density at radius 2 is 1.81 bits per heavy atom. The zero-order chi connectivity index (χ0) is 23.1. The summed E-state index contributed by atoms with van der Waals surface area (Å²) in [5, 5.41) is 11.2. The number of guanidine groups is 1. The maximum atomic E-state index is 12.0. The van der Waals surface area contributed by atoms with Gasteiger partial charge in [-0.05, 0) is 49.2 Å². The van der Waals surface area contributed by atoms with Gasteiger partial charge in [-0.2, -0.15) is 5.10 Å². The lowest BCUT2D eigenvalue weighted by Crippen LogP contribution is -2.36. The van der Waals surface area contributed by atoms with Gasteiger partial charge < -0.3 is 20.1 Å². The highest BCUT2D eigenvalue weighted by Gasteiger charge is 2.14. The van der Waals surface area contributed by atoms with Gasteiger partial charge in [-0.25, -0.2) is 9.48 Å². The van der Waals surface area contributed by atoms with Crippen LogP contribution < -0.4 is 15.4 Å². The van der Waals surface area contributed by atoms with Crippen molar-refractivity contribution in [1.29, 1.82) is 0 Å². The lowest BCUT2D eigenvalue weighted by atomic mass is 10.1. The number of nitrogens with zero attached hydrogens (tertiary/aromatic N) is 3. The summed E-state index contributed by atoms with van der Waals surface area (Å²) in [5.41, 5.74) is 5.47. The van der Waals surface area contributed by atoms with Crippen LogP contribution in [0.5, 0.6) is 5.75 Å². The fourth-order valence-electron chi connectivity index (χ4n) is 3.46. The molecule has 3 aromatic rings. The van der Waals surface area contributed by atoms with Crippen LogP contribution in [0.3, 0.4) is 0 Å². The highest BCUT2D eigenvalue weighted by Crippen LogP contribution is 2.21. The van der Waals surface area contributed by atoms with E-state index >= 15 is 0 Å². The fraction of sp³-hybridized carbons (Fsp3) is 0.292. The molecule has 8 heteroatoms. The van der Waals surface area contributed by atoms with Gasteiger partial charge in [0, 0.05) is 25.8 Å². The fourth-order valence-corrected chi connectivity index (χ4v) is 3.46. The molecule has 0 aliphatic carbocycles. The van der Waals surface area contributed by atoms with Crippen LogP contribution >= 0.6 is 0 Å². The topological polar surface area (TPSA) is 89.8 Å². The van der Waals surface area contributed by atoms with E-state index < -0.39 is 5.97 Å². The van der Waals surface area contributed by atoms with Crippen molar-refractivity contribution in [3.05, 3.63) is 76.6 Å². The van der Waals surface area contributed by atoms with Gasteiger partial charge in [0.15, 0.2) is 5.96 Å². The Morgan fingerprint density at radius 3 is 2.47 bits per heavy atom. The van der Waals surface area contributed by atoms with E-state index in [1.165, 1.54) is 14.2 Å². The highest BCUT2D eigenvalue weighted by molar-refractivity contribution is 5.92. The summed E-state index contributed by atoms with van der Waals surface area (Å²) in [7, 11) is 4.59. The molecular formula is C24H29N5O3. The molecule has 0 unspecified atom stereocenters. The summed E-state index contributed by atoms with van der Waals surface area (Å²) in [5.74, 6) is 0.680. The molecule has 0 bridgehead atoms. The number of hydrogen-bond donors (Lipinski definition) is 2. The number of ether oxygens (including phenoxy) is 2. The lowest BCUT2D eigenvalue weighted by molar-refractivity contribution is 0.0597. The number of hydrogen-bond acceptors (Lipinski definition) is 5. The Kier molecular flexibility index (Phi) is 7.49. The molecule has 3 rings (SSSR count). The quantitative estimate of drug-likeness (QED) is 0.337. The molecule has 0 saturated heterocycles. The van der Waals surface area contributed by atoms with E-state index in [-0.39, 0.29) is 0 Å². The summed E-state index contributed by atoms with van der Waals surface area (Å²) in [4.78, 5) is 16.3. The van der Waals surface area contributed by atoms with Gasteiger partial charge in [0.25, 0.3) is 0 Å². The number of aryl methyl sites for hydroxylation is 2. The number of methoxy groups -OCH3 is 2. The second-order valence-corrected chi connectivity index (χ2v) is 7.27. The van der Waals surface area contributed by atoms with Gasteiger partial charge in [-0.3, -0.25) is 4.99 Å². The van der Waals surface area contributed by atoms with Gasteiger partial charge in [0.05, 0.1) is 25.6 Å². The Balaban J connectivity index is 1.68. The van der Waals surface area contributed by atoms with Crippen molar-refractivity contribution in [1.82, 2.24) is 20.4 Å². The van der Waals surface area contributed by atoms with Crippen molar-refractivity contribution >= 4 is 11.9 Å². The van der Waals surface area contributed by atoms with E-state index in [1.54, 1.807) is 19.2 Å². The van der Waals surface area contributed by atoms with E-state index in [0.717, 1.165) is 28.2 Å². The summed E-state index contributed by atoms with van der Waals surface area (Å²) in [6, 6.07) is 15.6. The van der Waals surface area contributed by atoms with E-state index in [4.69, 9.17) is 9.47 Å². The molecule has 0 aliphatic rings. The lowest BCUT2D eigenvalue weighted by Gasteiger charge is -2.15. The first-order valence-corrected chi connectivity index (χ1v) is 10.3. The number of nitrogens with one attached hydrogen (secondary N) is 2. The Hall–Kier alpha value is -3.81. The number of carbonyl (C=O) groups excluding carboxylic acids is 1. The van der Waals surface area contributed by atoms with Crippen LogP contribution in [0.2, 0.25) is 0 Å². The number of aliphatic imine (C=N–C) groups is 1. The molecule has 168 valence electrons. The van der Waals surface area contributed by atoms with E-state index in [1.807, 2.05) is 36.7 Å². The third kappa shape index (κ3) is 5.26. The molecular weight excluding hydrogens is 406 g/mol. The van der Waals surface area contributed by atoms with E-state index in [9.17, 15) is 4.79 Å². The normalized spacial score (nSPS) is 11.2. The summed E-state index contributed by atoms with van der Waals surface area (Å²) in [6.07, 6.45) is 0. The van der Waals surface area contributed by atoms with Crippen molar-refractivity contribution in [2.24, 2.45) is 4.99 Å². The van der Waals surface area contributed by atoms with E-state index in [2.05, 4.69) is 38.9 Å². The molecule has 32 heavy (non-hydrogen) atoms. The summed E-state index contributed by atoms with van der Waals surface area (Å²) < 4.78 is 12.0. The molecule has 0 aliphatic heterocycles. The molecule has 0 fully saturated rings. The molecule has 8 nitrogen and oxygen atoms in total.